The van der Waals surface area contributed by atoms with Crippen molar-refractivity contribution in [1.82, 2.24) is 14.9 Å². The van der Waals surface area contributed by atoms with Crippen LogP contribution in [0.4, 0.5) is 11.4 Å². The summed E-state index contributed by atoms with van der Waals surface area (Å²) in [4.78, 5) is 27.3. The Bertz CT molecular complexity index is 1040. The van der Waals surface area contributed by atoms with Crippen LogP contribution in [-0.4, -0.2) is 33.4 Å². The third kappa shape index (κ3) is 3.36. The Kier molecular flexibility index (Phi) is 4.60. The molecule has 1 atom stereocenters. The van der Waals surface area contributed by atoms with E-state index in [1.807, 2.05) is 12.1 Å². The van der Waals surface area contributed by atoms with Crippen LogP contribution in [0, 0.1) is 0 Å². The first-order valence-corrected chi connectivity index (χ1v) is 9.23. The number of amides is 1. The van der Waals surface area contributed by atoms with Crippen molar-refractivity contribution in [2.24, 2.45) is 0 Å². The Hall–Kier alpha value is -3.55. The lowest BCUT2D eigenvalue weighted by molar-refractivity contribution is 0.102. The number of rotatable bonds is 4. The topological polar surface area (TPSA) is 109 Å². The van der Waals surface area contributed by atoms with Gasteiger partial charge in [-0.3, -0.25) is 14.7 Å². The molecule has 0 saturated carbocycles. The number of benzene rings is 1. The first kappa shape index (κ1) is 17.8. The van der Waals surface area contributed by atoms with Crippen LogP contribution in [-0.2, 0) is 0 Å². The van der Waals surface area contributed by atoms with Gasteiger partial charge < -0.3 is 16.1 Å². The average Bonchev–Trinajstić information content (AvgIpc) is 3.37. The van der Waals surface area contributed by atoms with Gasteiger partial charge in [0.05, 0.1) is 5.69 Å². The summed E-state index contributed by atoms with van der Waals surface area (Å²) >= 11 is 0. The van der Waals surface area contributed by atoms with Crippen LogP contribution in [0.15, 0.2) is 53.6 Å². The smallest absolute Gasteiger partial charge is 0.292 e. The van der Waals surface area contributed by atoms with Gasteiger partial charge in [0.2, 0.25) is 0 Å². The van der Waals surface area contributed by atoms with Crippen LogP contribution in [0.3, 0.4) is 0 Å². The van der Waals surface area contributed by atoms with E-state index in [4.69, 9.17) is 5.84 Å². The predicted octanol–water partition coefficient (Wildman–Crippen LogP) is 2.19. The minimum Gasteiger partial charge on any atom is -0.369 e. The van der Waals surface area contributed by atoms with Gasteiger partial charge in [-0.1, -0.05) is 0 Å². The largest absolute Gasteiger partial charge is 0.369 e. The fourth-order valence-corrected chi connectivity index (χ4v) is 3.57. The number of aromatic amines is 1. The monoisotopic (exact) mass is 378 g/mol. The van der Waals surface area contributed by atoms with Gasteiger partial charge in [0.25, 0.3) is 11.5 Å². The molecule has 8 heteroatoms. The van der Waals surface area contributed by atoms with Crippen molar-refractivity contribution in [3.8, 4) is 11.3 Å². The zero-order valence-corrected chi connectivity index (χ0v) is 15.6. The maximum absolute atomic E-state index is 12.6. The van der Waals surface area contributed by atoms with Crippen LogP contribution >= 0.6 is 0 Å². The first-order valence-electron chi connectivity index (χ1n) is 9.23. The van der Waals surface area contributed by atoms with Gasteiger partial charge in [0.15, 0.2) is 0 Å². The zero-order chi connectivity index (χ0) is 19.7. The lowest BCUT2D eigenvalue weighted by Gasteiger charge is -2.23. The van der Waals surface area contributed by atoms with Crippen LogP contribution in [0.1, 0.15) is 30.1 Å². The number of nitrogens with zero attached hydrogens (tertiary/aromatic N) is 3. The third-order valence-corrected chi connectivity index (χ3v) is 5.10. The van der Waals surface area contributed by atoms with Crippen LogP contribution < -0.4 is 21.6 Å². The quantitative estimate of drug-likeness (QED) is 0.603. The summed E-state index contributed by atoms with van der Waals surface area (Å²) < 4.78 is 0.942. The van der Waals surface area contributed by atoms with E-state index in [1.165, 1.54) is 19.0 Å². The number of pyridine rings is 1. The highest BCUT2D eigenvalue weighted by Crippen LogP contribution is 2.25. The van der Waals surface area contributed by atoms with E-state index < -0.39 is 5.56 Å². The number of hydrogen-bond acceptors (Lipinski definition) is 5. The molecule has 0 bridgehead atoms. The van der Waals surface area contributed by atoms with Crippen LogP contribution in [0.25, 0.3) is 11.3 Å². The highest BCUT2D eigenvalue weighted by molar-refractivity contribution is 6.04. The van der Waals surface area contributed by atoms with E-state index in [-0.39, 0.29) is 11.6 Å². The van der Waals surface area contributed by atoms with Gasteiger partial charge in [-0.25, -0.2) is 4.68 Å². The number of carbonyl (C=O) groups excluding carboxylic acids is 1. The lowest BCUT2D eigenvalue weighted by atomic mass is 10.1. The molecule has 144 valence electrons. The maximum atomic E-state index is 12.6. The van der Waals surface area contributed by atoms with Crippen molar-refractivity contribution in [2.45, 2.75) is 25.8 Å². The second-order valence-electron chi connectivity index (χ2n) is 7.00. The molecule has 4 rings (SSSR count). The number of H-pyrrole nitrogens is 1. The van der Waals surface area contributed by atoms with Gasteiger partial charge in [0, 0.05) is 41.8 Å². The molecule has 3 heterocycles. The Morgan fingerprint density at radius 2 is 2.07 bits per heavy atom. The molecule has 0 aliphatic carbocycles. The molecule has 28 heavy (non-hydrogen) atoms. The van der Waals surface area contributed by atoms with Crippen molar-refractivity contribution in [3.05, 3.63) is 64.7 Å². The molecule has 1 aromatic carbocycles. The van der Waals surface area contributed by atoms with E-state index >= 15 is 0 Å². The Morgan fingerprint density at radius 1 is 1.29 bits per heavy atom. The molecule has 1 aliphatic rings. The molecular weight excluding hydrogens is 356 g/mol. The van der Waals surface area contributed by atoms with Crippen molar-refractivity contribution in [3.63, 3.8) is 0 Å². The predicted molar refractivity (Wildman–Crippen MR) is 109 cm³/mol. The molecule has 0 unspecified atom stereocenters. The van der Waals surface area contributed by atoms with Gasteiger partial charge in [-0.2, -0.15) is 5.10 Å². The fourth-order valence-electron chi connectivity index (χ4n) is 3.57. The number of carbonyl (C=O) groups is 1. The molecule has 1 saturated heterocycles. The number of nitrogen functional groups attached to an aromatic ring is 1. The maximum Gasteiger partial charge on any atom is 0.292 e. The molecule has 0 radical (unpaired) electrons. The zero-order valence-electron chi connectivity index (χ0n) is 15.6. The minimum atomic E-state index is -0.491. The highest BCUT2D eigenvalue weighted by Gasteiger charge is 2.20. The summed E-state index contributed by atoms with van der Waals surface area (Å²) in [6.07, 6.45) is 5.50. The number of anilines is 2. The van der Waals surface area contributed by atoms with Crippen molar-refractivity contribution >= 4 is 17.3 Å². The summed E-state index contributed by atoms with van der Waals surface area (Å²) in [5.41, 5.74) is 2.44. The van der Waals surface area contributed by atoms with Gasteiger partial charge in [-0.15, -0.1) is 0 Å². The first-order chi connectivity index (χ1) is 13.5. The Labute approximate surface area is 161 Å². The summed E-state index contributed by atoms with van der Waals surface area (Å²) in [7, 11) is 0. The minimum absolute atomic E-state index is 0.102. The van der Waals surface area contributed by atoms with E-state index in [9.17, 15) is 9.59 Å². The summed E-state index contributed by atoms with van der Waals surface area (Å²) in [5, 5.41) is 9.45. The van der Waals surface area contributed by atoms with Crippen LogP contribution in [0.2, 0.25) is 0 Å². The van der Waals surface area contributed by atoms with Gasteiger partial charge >= 0.3 is 0 Å². The van der Waals surface area contributed by atoms with Crippen molar-refractivity contribution in [1.29, 1.82) is 0 Å². The standard InChI is InChI=1S/C20H22N6O2/c1-13-3-2-10-25(13)16-6-4-14(5-7-16)19(27)23-18-11-15(12-26(21)20(18)28)17-8-9-22-24-17/h4-9,11-13H,2-3,10,21H2,1H3,(H,22,24)(H,23,27)/t13-/m0/s1. The molecule has 4 N–H and O–H groups in total. The normalized spacial score (nSPS) is 16.3. The molecule has 1 fully saturated rings. The number of aromatic nitrogens is 3. The third-order valence-electron chi connectivity index (χ3n) is 5.10. The molecule has 8 nitrogen and oxygen atoms in total. The van der Waals surface area contributed by atoms with E-state index in [0.717, 1.165) is 16.9 Å². The SMILES string of the molecule is C[C@H]1CCCN1c1ccc(C(=O)Nc2cc(-c3cc[nH]n3)cn(N)c2=O)cc1. The van der Waals surface area contributed by atoms with Crippen molar-refractivity contribution in [2.75, 3.05) is 22.6 Å². The summed E-state index contributed by atoms with van der Waals surface area (Å²) in [6.45, 7) is 3.24. The van der Waals surface area contributed by atoms with Gasteiger partial charge in [-0.05, 0) is 56.2 Å². The molecule has 3 aromatic rings. The van der Waals surface area contributed by atoms with Crippen molar-refractivity contribution < 1.29 is 4.79 Å². The van der Waals surface area contributed by atoms with E-state index in [2.05, 4.69) is 27.3 Å². The Balaban J connectivity index is 1.56. The van der Waals surface area contributed by atoms with Gasteiger partial charge in [0.1, 0.15) is 5.69 Å². The summed E-state index contributed by atoms with van der Waals surface area (Å²) in [5.74, 6) is 5.39. The van der Waals surface area contributed by atoms with E-state index in [0.29, 0.717) is 22.9 Å². The number of nitrogens with two attached hydrogens (primary N) is 1. The Morgan fingerprint density at radius 3 is 2.71 bits per heavy atom. The molecular formula is C20H22N6O2. The second-order valence-corrected chi connectivity index (χ2v) is 7.00. The molecule has 1 amide bonds. The fraction of sp³-hybridized carbons (Fsp3) is 0.250. The second kappa shape index (κ2) is 7.22. The van der Waals surface area contributed by atoms with E-state index in [1.54, 1.807) is 30.5 Å². The molecule has 0 spiro atoms. The molecule has 2 aromatic heterocycles. The average molecular weight is 378 g/mol. The molecule has 1 aliphatic heterocycles. The number of hydrogen-bond donors (Lipinski definition) is 3. The van der Waals surface area contributed by atoms with Crippen LogP contribution in [0.5, 0.6) is 0 Å². The summed E-state index contributed by atoms with van der Waals surface area (Å²) in [6, 6.07) is 11.3. The highest BCUT2D eigenvalue weighted by atomic mass is 16.2. The lowest BCUT2D eigenvalue weighted by Crippen LogP contribution is -2.30. The number of nitrogens with one attached hydrogen (secondary N) is 2.